The SMILES string of the molecule is CNCC#Cc1cc(F)cnc1N. The molecule has 0 radical (unpaired) electrons. The zero-order valence-electron chi connectivity index (χ0n) is 7.26. The van der Waals surface area contributed by atoms with Crippen LogP contribution >= 0.6 is 0 Å². The standard InChI is InChI=1S/C9H10FN3/c1-12-4-2-3-7-5-8(10)6-13-9(7)11/h5-6,12H,4H2,1H3,(H2,11,13). The molecule has 1 heterocycles. The highest BCUT2D eigenvalue weighted by Crippen LogP contribution is 2.07. The summed E-state index contributed by atoms with van der Waals surface area (Å²) in [5.41, 5.74) is 5.90. The van der Waals surface area contributed by atoms with Crippen LogP contribution in [-0.4, -0.2) is 18.6 Å². The lowest BCUT2D eigenvalue weighted by Crippen LogP contribution is -2.04. The summed E-state index contributed by atoms with van der Waals surface area (Å²) in [4.78, 5) is 3.64. The third-order valence-electron chi connectivity index (χ3n) is 1.37. The number of pyridine rings is 1. The maximum atomic E-state index is 12.7. The fraction of sp³-hybridized carbons (Fsp3) is 0.222. The van der Waals surface area contributed by atoms with Gasteiger partial charge < -0.3 is 11.1 Å². The third kappa shape index (κ3) is 2.73. The van der Waals surface area contributed by atoms with Crippen molar-refractivity contribution in [3.05, 3.63) is 23.6 Å². The molecule has 1 aromatic heterocycles. The van der Waals surface area contributed by atoms with Crippen molar-refractivity contribution >= 4 is 5.82 Å². The Morgan fingerprint density at radius 2 is 2.46 bits per heavy atom. The molecule has 0 spiro atoms. The van der Waals surface area contributed by atoms with Crippen molar-refractivity contribution in [2.75, 3.05) is 19.3 Å². The van der Waals surface area contributed by atoms with Gasteiger partial charge in [-0.2, -0.15) is 0 Å². The second kappa shape index (κ2) is 4.43. The van der Waals surface area contributed by atoms with Crippen molar-refractivity contribution in [3.63, 3.8) is 0 Å². The number of nitrogens with zero attached hydrogens (tertiary/aromatic N) is 1. The molecule has 3 nitrogen and oxygen atoms in total. The minimum Gasteiger partial charge on any atom is -0.383 e. The highest BCUT2D eigenvalue weighted by Gasteiger charge is 1.97. The average molecular weight is 179 g/mol. The summed E-state index contributed by atoms with van der Waals surface area (Å²) >= 11 is 0. The summed E-state index contributed by atoms with van der Waals surface area (Å²) in [6, 6.07) is 1.27. The molecule has 1 aromatic rings. The Morgan fingerprint density at radius 3 is 3.15 bits per heavy atom. The zero-order chi connectivity index (χ0) is 9.68. The van der Waals surface area contributed by atoms with Crippen LogP contribution in [0.3, 0.4) is 0 Å². The fourth-order valence-electron chi connectivity index (χ4n) is 0.778. The van der Waals surface area contributed by atoms with Crippen LogP contribution in [0, 0.1) is 17.7 Å². The van der Waals surface area contributed by atoms with E-state index in [4.69, 9.17) is 5.73 Å². The van der Waals surface area contributed by atoms with Gasteiger partial charge in [0.1, 0.15) is 11.6 Å². The van der Waals surface area contributed by atoms with E-state index >= 15 is 0 Å². The number of rotatable bonds is 1. The number of nitrogen functional groups attached to an aromatic ring is 1. The number of hydrogen-bond acceptors (Lipinski definition) is 3. The summed E-state index contributed by atoms with van der Waals surface area (Å²) in [5.74, 6) is 5.31. The van der Waals surface area contributed by atoms with Gasteiger partial charge in [0.25, 0.3) is 0 Å². The van der Waals surface area contributed by atoms with E-state index in [2.05, 4.69) is 22.1 Å². The molecule has 0 atom stereocenters. The molecule has 3 N–H and O–H groups in total. The van der Waals surface area contributed by atoms with Crippen LogP contribution in [0.4, 0.5) is 10.2 Å². The molecule has 0 unspecified atom stereocenters. The average Bonchev–Trinajstić information content (AvgIpc) is 2.11. The molecule has 0 aliphatic heterocycles. The number of aromatic nitrogens is 1. The van der Waals surface area contributed by atoms with Gasteiger partial charge in [-0.1, -0.05) is 11.8 Å². The number of nitrogens with two attached hydrogens (primary N) is 1. The molecule has 0 saturated carbocycles. The molecule has 0 aliphatic carbocycles. The van der Waals surface area contributed by atoms with Crippen LogP contribution in [0.5, 0.6) is 0 Å². The van der Waals surface area contributed by atoms with Crippen molar-refractivity contribution in [2.24, 2.45) is 0 Å². The van der Waals surface area contributed by atoms with Crippen LogP contribution in [0.25, 0.3) is 0 Å². The quantitative estimate of drug-likeness (QED) is 0.612. The van der Waals surface area contributed by atoms with E-state index in [9.17, 15) is 4.39 Å². The lowest BCUT2D eigenvalue weighted by molar-refractivity contribution is 0.621. The van der Waals surface area contributed by atoms with Crippen molar-refractivity contribution in [1.82, 2.24) is 10.3 Å². The van der Waals surface area contributed by atoms with Gasteiger partial charge in [-0.15, -0.1) is 0 Å². The summed E-state index contributed by atoms with van der Waals surface area (Å²) < 4.78 is 12.7. The lowest BCUT2D eigenvalue weighted by Gasteiger charge is -1.95. The van der Waals surface area contributed by atoms with Gasteiger partial charge in [-0.05, 0) is 13.1 Å². The number of hydrogen-bond donors (Lipinski definition) is 2. The smallest absolute Gasteiger partial charge is 0.142 e. The molecule has 0 saturated heterocycles. The van der Waals surface area contributed by atoms with E-state index in [0.29, 0.717) is 12.1 Å². The first kappa shape index (κ1) is 9.49. The van der Waals surface area contributed by atoms with Gasteiger partial charge in [0.2, 0.25) is 0 Å². The maximum Gasteiger partial charge on any atom is 0.142 e. The fourth-order valence-corrected chi connectivity index (χ4v) is 0.778. The van der Waals surface area contributed by atoms with E-state index in [1.54, 1.807) is 7.05 Å². The zero-order valence-corrected chi connectivity index (χ0v) is 7.26. The van der Waals surface area contributed by atoms with Crippen LogP contribution in [0.2, 0.25) is 0 Å². The number of halogens is 1. The molecule has 1 rings (SSSR count). The highest BCUT2D eigenvalue weighted by molar-refractivity contribution is 5.50. The van der Waals surface area contributed by atoms with Crippen LogP contribution in [-0.2, 0) is 0 Å². The molecule has 0 aromatic carbocycles. The van der Waals surface area contributed by atoms with Crippen molar-refractivity contribution in [3.8, 4) is 11.8 Å². The Kier molecular flexibility index (Phi) is 3.23. The van der Waals surface area contributed by atoms with Crippen LogP contribution in [0.15, 0.2) is 12.3 Å². The molecular formula is C9H10FN3. The molecule has 4 heteroatoms. The van der Waals surface area contributed by atoms with Gasteiger partial charge in [-0.25, -0.2) is 9.37 Å². The number of nitrogens with one attached hydrogen (secondary N) is 1. The van der Waals surface area contributed by atoms with E-state index in [1.165, 1.54) is 6.07 Å². The summed E-state index contributed by atoms with van der Waals surface area (Å²) in [5, 5.41) is 2.84. The Hall–Kier alpha value is -1.60. The molecular weight excluding hydrogens is 169 g/mol. The molecule has 13 heavy (non-hydrogen) atoms. The summed E-state index contributed by atoms with van der Waals surface area (Å²) in [7, 11) is 1.78. The van der Waals surface area contributed by atoms with Gasteiger partial charge in [0, 0.05) is 0 Å². The third-order valence-corrected chi connectivity index (χ3v) is 1.37. The summed E-state index contributed by atoms with van der Waals surface area (Å²) in [6.45, 7) is 0.538. The van der Waals surface area contributed by atoms with E-state index in [-0.39, 0.29) is 5.82 Å². The van der Waals surface area contributed by atoms with Crippen LogP contribution in [0.1, 0.15) is 5.56 Å². The first-order valence-electron chi connectivity index (χ1n) is 3.78. The highest BCUT2D eigenvalue weighted by atomic mass is 19.1. The van der Waals surface area contributed by atoms with Crippen molar-refractivity contribution < 1.29 is 4.39 Å². The Labute approximate surface area is 76.2 Å². The monoisotopic (exact) mass is 179 g/mol. The van der Waals surface area contributed by atoms with Gasteiger partial charge in [-0.3, -0.25) is 0 Å². The molecule has 68 valence electrons. The minimum atomic E-state index is -0.428. The first-order valence-corrected chi connectivity index (χ1v) is 3.78. The predicted molar refractivity (Wildman–Crippen MR) is 49.4 cm³/mol. The molecule has 0 amide bonds. The van der Waals surface area contributed by atoms with Gasteiger partial charge in [0.05, 0.1) is 18.3 Å². The first-order chi connectivity index (χ1) is 6.24. The largest absolute Gasteiger partial charge is 0.383 e. The van der Waals surface area contributed by atoms with E-state index in [1.807, 2.05) is 0 Å². The summed E-state index contributed by atoms with van der Waals surface area (Å²) in [6.07, 6.45) is 1.07. The van der Waals surface area contributed by atoms with Gasteiger partial charge in [0.15, 0.2) is 0 Å². The molecule has 0 aliphatic rings. The minimum absolute atomic E-state index is 0.255. The van der Waals surface area contributed by atoms with Crippen molar-refractivity contribution in [1.29, 1.82) is 0 Å². The Morgan fingerprint density at radius 1 is 1.69 bits per heavy atom. The van der Waals surface area contributed by atoms with Gasteiger partial charge >= 0.3 is 0 Å². The maximum absolute atomic E-state index is 12.7. The normalized spacial score (nSPS) is 9.08. The lowest BCUT2D eigenvalue weighted by atomic mass is 10.2. The van der Waals surface area contributed by atoms with Crippen LogP contribution < -0.4 is 11.1 Å². The number of anilines is 1. The van der Waals surface area contributed by atoms with E-state index < -0.39 is 5.82 Å². The Balaban J connectivity index is 2.89. The molecule has 0 bridgehead atoms. The molecule has 0 fully saturated rings. The van der Waals surface area contributed by atoms with E-state index in [0.717, 1.165) is 6.20 Å². The topological polar surface area (TPSA) is 50.9 Å². The predicted octanol–water partition coefficient (Wildman–Crippen LogP) is 0.374. The Bertz CT molecular complexity index is 352. The second-order valence-corrected chi connectivity index (χ2v) is 2.42. The second-order valence-electron chi connectivity index (χ2n) is 2.42. The van der Waals surface area contributed by atoms with Crippen molar-refractivity contribution in [2.45, 2.75) is 0 Å².